The number of carbonyl (C=O) groups is 1. The highest BCUT2D eigenvalue weighted by Gasteiger charge is 2.27. The first-order valence-corrected chi connectivity index (χ1v) is 7.83. The standard InChI is InChI=1S/C19H22N2O.ClH/c1-13(18(20)14-7-3-2-4-8-14)19(22)21-17-11-15-9-5-6-10-16(15)12-17;/h2-10,13,17-18H,11-12,20H2,1H3,(H,21,22);1H. The van der Waals surface area contributed by atoms with E-state index in [1.807, 2.05) is 37.3 Å². The molecule has 0 heterocycles. The summed E-state index contributed by atoms with van der Waals surface area (Å²) in [5, 5.41) is 3.16. The van der Waals surface area contributed by atoms with Gasteiger partial charge in [-0.05, 0) is 29.5 Å². The van der Waals surface area contributed by atoms with Crippen LogP contribution in [0.2, 0.25) is 0 Å². The third-order valence-electron chi connectivity index (χ3n) is 4.53. The third kappa shape index (κ3) is 3.92. The zero-order valence-electron chi connectivity index (χ0n) is 13.2. The van der Waals surface area contributed by atoms with Gasteiger partial charge in [-0.15, -0.1) is 12.4 Å². The number of halogens is 1. The first-order valence-electron chi connectivity index (χ1n) is 7.83. The minimum absolute atomic E-state index is 0. The van der Waals surface area contributed by atoms with Crippen LogP contribution < -0.4 is 11.1 Å². The van der Waals surface area contributed by atoms with Crippen molar-refractivity contribution in [3.05, 3.63) is 71.3 Å². The SMILES string of the molecule is CC(C(=O)NC1Cc2ccccc2C1)C(N)c1ccccc1.Cl. The molecule has 1 amide bonds. The van der Waals surface area contributed by atoms with E-state index < -0.39 is 0 Å². The summed E-state index contributed by atoms with van der Waals surface area (Å²) >= 11 is 0. The first kappa shape index (κ1) is 17.5. The Hall–Kier alpha value is -1.84. The van der Waals surface area contributed by atoms with E-state index in [2.05, 4.69) is 29.6 Å². The quantitative estimate of drug-likeness (QED) is 0.905. The highest BCUT2D eigenvalue weighted by Crippen LogP contribution is 2.23. The minimum atomic E-state index is -0.273. The molecule has 3 N–H and O–H groups in total. The average molecular weight is 331 g/mol. The maximum Gasteiger partial charge on any atom is 0.224 e. The van der Waals surface area contributed by atoms with Gasteiger partial charge in [-0.3, -0.25) is 4.79 Å². The van der Waals surface area contributed by atoms with Crippen LogP contribution in [-0.2, 0) is 17.6 Å². The highest BCUT2D eigenvalue weighted by atomic mass is 35.5. The lowest BCUT2D eigenvalue weighted by Gasteiger charge is -2.22. The summed E-state index contributed by atoms with van der Waals surface area (Å²) in [5.74, 6) is -0.208. The smallest absolute Gasteiger partial charge is 0.224 e. The number of hydrogen-bond acceptors (Lipinski definition) is 2. The van der Waals surface area contributed by atoms with E-state index in [0.717, 1.165) is 18.4 Å². The predicted molar refractivity (Wildman–Crippen MR) is 95.6 cm³/mol. The van der Waals surface area contributed by atoms with Crippen molar-refractivity contribution >= 4 is 18.3 Å². The van der Waals surface area contributed by atoms with E-state index in [1.54, 1.807) is 0 Å². The van der Waals surface area contributed by atoms with Crippen molar-refractivity contribution in [1.82, 2.24) is 5.32 Å². The highest BCUT2D eigenvalue weighted by molar-refractivity contribution is 5.85. The molecule has 1 aliphatic rings. The van der Waals surface area contributed by atoms with Crippen LogP contribution >= 0.6 is 12.4 Å². The van der Waals surface area contributed by atoms with E-state index >= 15 is 0 Å². The Kier molecular flexibility index (Phi) is 5.80. The van der Waals surface area contributed by atoms with E-state index in [1.165, 1.54) is 11.1 Å². The monoisotopic (exact) mass is 330 g/mol. The van der Waals surface area contributed by atoms with E-state index in [0.29, 0.717) is 0 Å². The van der Waals surface area contributed by atoms with Gasteiger partial charge in [0, 0.05) is 12.1 Å². The molecule has 0 aliphatic heterocycles. The van der Waals surface area contributed by atoms with Gasteiger partial charge >= 0.3 is 0 Å². The fraction of sp³-hybridized carbons (Fsp3) is 0.316. The van der Waals surface area contributed by atoms with Gasteiger partial charge in [0.1, 0.15) is 0 Å². The van der Waals surface area contributed by atoms with Gasteiger partial charge in [-0.25, -0.2) is 0 Å². The van der Waals surface area contributed by atoms with Crippen LogP contribution in [0.5, 0.6) is 0 Å². The van der Waals surface area contributed by atoms with Crippen LogP contribution in [0.4, 0.5) is 0 Å². The van der Waals surface area contributed by atoms with Crippen molar-refractivity contribution < 1.29 is 4.79 Å². The fourth-order valence-corrected chi connectivity index (χ4v) is 3.12. The van der Waals surface area contributed by atoms with E-state index in [-0.39, 0.29) is 36.3 Å². The Morgan fingerprint density at radius 3 is 2.13 bits per heavy atom. The summed E-state index contributed by atoms with van der Waals surface area (Å²) in [7, 11) is 0. The van der Waals surface area contributed by atoms with Crippen molar-refractivity contribution in [3.8, 4) is 0 Å². The molecule has 3 rings (SSSR count). The van der Waals surface area contributed by atoms with Gasteiger partial charge in [0.15, 0.2) is 0 Å². The zero-order valence-corrected chi connectivity index (χ0v) is 14.1. The van der Waals surface area contributed by atoms with Crippen molar-refractivity contribution in [2.45, 2.75) is 31.8 Å². The van der Waals surface area contributed by atoms with E-state index in [9.17, 15) is 4.79 Å². The maximum atomic E-state index is 12.5. The summed E-state index contributed by atoms with van der Waals surface area (Å²) in [6.07, 6.45) is 1.82. The topological polar surface area (TPSA) is 55.1 Å². The maximum absolute atomic E-state index is 12.5. The number of rotatable bonds is 4. The Morgan fingerprint density at radius 1 is 1.04 bits per heavy atom. The van der Waals surface area contributed by atoms with Crippen LogP contribution in [0.15, 0.2) is 54.6 Å². The summed E-state index contributed by atoms with van der Waals surface area (Å²) in [6.45, 7) is 1.90. The number of nitrogens with one attached hydrogen (secondary N) is 1. The molecular weight excluding hydrogens is 308 g/mol. The van der Waals surface area contributed by atoms with E-state index in [4.69, 9.17) is 5.73 Å². The number of nitrogens with two attached hydrogens (primary N) is 1. The van der Waals surface area contributed by atoms with Gasteiger partial charge in [0.2, 0.25) is 5.91 Å². The van der Waals surface area contributed by atoms with Gasteiger partial charge in [-0.2, -0.15) is 0 Å². The molecule has 2 aromatic rings. The molecule has 0 radical (unpaired) electrons. The molecule has 2 unspecified atom stereocenters. The molecule has 0 saturated carbocycles. The summed E-state index contributed by atoms with van der Waals surface area (Å²) < 4.78 is 0. The molecule has 122 valence electrons. The molecule has 0 bridgehead atoms. The largest absolute Gasteiger partial charge is 0.352 e. The first-order chi connectivity index (χ1) is 10.6. The molecule has 1 aliphatic carbocycles. The number of fused-ring (bicyclic) bond motifs is 1. The van der Waals surface area contributed by atoms with Crippen molar-refractivity contribution in [1.29, 1.82) is 0 Å². The second-order valence-corrected chi connectivity index (χ2v) is 6.11. The summed E-state index contributed by atoms with van der Waals surface area (Å²) in [4.78, 5) is 12.5. The molecule has 0 saturated heterocycles. The lowest BCUT2D eigenvalue weighted by Crippen LogP contribution is -2.41. The van der Waals surface area contributed by atoms with Crippen LogP contribution in [-0.4, -0.2) is 11.9 Å². The normalized spacial score (nSPS) is 16.1. The summed E-state index contributed by atoms with van der Waals surface area (Å²) in [6, 6.07) is 18.1. The van der Waals surface area contributed by atoms with Crippen LogP contribution in [0.25, 0.3) is 0 Å². The minimum Gasteiger partial charge on any atom is -0.352 e. The lowest BCUT2D eigenvalue weighted by atomic mass is 9.94. The molecule has 2 aromatic carbocycles. The van der Waals surface area contributed by atoms with Crippen molar-refractivity contribution in [2.75, 3.05) is 0 Å². The van der Waals surface area contributed by atoms with Gasteiger partial charge in [0.05, 0.1) is 5.92 Å². The Bertz CT molecular complexity index is 634. The predicted octanol–water partition coefficient (Wildman–Crippen LogP) is 3.03. The Morgan fingerprint density at radius 2 is 1.57 bits per heavy atom. The molecule has 2 atom stereocenters. The molecular formula is C19H23ClN2O. The molecule has 3 nitrogen and oxygen atoms in total. The molecule has 0 aromatic heterocycles. The lowest BCUT2D eigenvalue weighted by molar-refractivity contribution is -0.125. The number of carbonyl (C=O) groups excluding carboxylic acids is 1. The number of hydrogen-bond donors (Lipinski definition) is 2. The van der Waals surface area contributed by atoms with Crippen LogP contribution in [0, 0.1) is 5.92 Å². The molecule has 4 heteroatoms. The van der Waals surface area contributed by atoms with Gasteiger partial charge < -0.3 is 11.1 Å². The fourth-order valence-electron chi connectivity index (χ4n) is 3.12. The molecule has 0 fully saturated rings. The number of benzene rings is 2. The van der Waals surface area contributed by atoms with Crippen LogP contribution in [0.3, 0.4) is 0 Å². The van der Waals surface area contributed by atoms with Gasteiger partial charge in [0.25, 0.3) is 0 Å². The van der Waals surface area contributed by atoms with Crippen molar-refractivity contribution in [3.63, 3.8) is 0 Å². The van der Waals surface area contributed by atoms with Gasteiger partial charge in [-0.1, -0.05) is 61.5 Å². The van der Waals surface area contributed by atoms with Crippen LogP contribution in [0.1, 0.15) is 29.7 Å². The van der Waals surface area contributed by atoms with Crippen molar-refractivity contribution in [2.24, 2.45) is 11.7 Å². The second kappa shape index (κ2) is 7.62. The zero-order chi connectivity index (χ0) is 15.5. The molecule has 23 heavy (non-hydrogen) atoms. The Balaban J connectivity index is 0.00000192. The Labute approximate surface area is 143 Å². The summed E-state index contributed by atoms with van der Waals surface area (Å²) in [5.41, 5.74) is 9.92. The average Bonchev–Trinajstić information content (AvgIpc) is 2.96. The molecule has 0 spiro atoms. The number of amides is 1. The third-order valence-corrected chi connectivity index (χ3v) is 4.53. The second-order valence-electron chi connectivity index (χ2n) is 6.11.